The zero-order valence-corrected chi connectivity index (χ0v) is 17.9. The van der Waals surface area contributed by atoms with Crippen molar-refractivity contribution in [3.63, 3.8) is 0 Å². The Morgan fingerprint density at radius 1 is 1.10 bits per heavy atom. The monoisotopic (exact) mass is 465 g/mol. The fraction of sp³-hybridized carbons (Fsp3) is 0.143. The van der Waals surface area contributed by atoms with Gasteiger partial charge in [0.05, 0.1) is 5.69 Å². The summed E-state index contributed by atoms with van der Waals surface area (Å²) in [5, 5.41) is 4.45. The van der Waals surface area contributed by atoms with Crippen LogP contribution in [0.25, 0.3) is 22.2 Å². The Hall–Kier alpha value is -2.88. The first-order valence-corrected chi connectivity index (χ1v) is 10.9. The predicted octanol–water partition coefficient (Wildman–Crippen LogP) is 4.24. The second-order valence-corrected chi connectivity index (χ2v) is 8.88. The van der Waals surface area contributed by atoms with Gasteiger partial charge in [-0.3, -0.25) is 0 Å². The van der Waals surface area contributed by atoms with Crippen LogP contribution in [0, 0.1) is 11.6 Å². The largest absolute Gasteiger partial charge is 0.356 e. The molecular formula is C21H18ClF2N3O3S. The smallest absolute Gasteiger partial charge is 0.192 e. The summed E-state index contributed by atoms with van der Waals surface area (Å²) in [6.07, 6.45) is 0.974. The Kier molecular flexibility index (Phi) is 6.40. The van der Waals surface area contributed by atoms with Crippen LogP contribution < -0.4 is 5.73 Å². The molecule has 0 bridgehead atoms. The molecule has 0 fully saturated rings. The SMILES string of the molecule is CS(=O)(=O)c1ccc(F)c(CC(N)c2ccccc2-c2noc3cc(F)ccc23)n1.Cl. The fourth-order valence-corrected chi connectivity index (χ4v) is 3.87. The highest BCUT2D eigenvalue weighted by molar-refractivity contribution is 7.90. The molecule has 0 amide bonds. The lowest BCUT2D eigenvalue weighted by molar-refractivity contribution is 0.457. The minimum absolute atomic E-state index is 0. The van der Waals surface area contributed by atoms with Gasteiger partial charge in [-0.2, -0.15) is 0 Å². The van der Waals surface area contributed by atoms with Gasteiger partial charge in [0.25, 0.3) is 0 Å². The summed E-state index contributed by atoms with van der Waals surface area (Å²) in [5.74, 6) is -1.08. The lowest BCUT2D eigenvalue weighted by Gasteiger charge is -2.16. The molecular weight excluding hydrogens is 448 g/mol. The summed E-state index contributed by atoms with van der Waals surface area (Å²) in [5.41, 5.74) is 8.37. The molecule has 0 aliphatic carbocycles. The first kappa shape index (κ1) is 22.8. The molecule has 4 rings (SSSR count). The van der Waals surface area contributed by atoms with E-state index in [-0.39, 0.29) is 29.5 Å². The first-order valence-electron chi connectivity index (χ1n) is 8.99. The molecule has 1 atom stereocenters. The number of fused-ring (bicyclic) bond motifs is 1. The summed E-state index contributed by atoms with van der Waals surface area (Å²) < 4.78 is 56.5. The third kappa shape index (κ3) is 4.58. The molecule has 2 N–H and O–H groups in total. The molecule has 162 valence electrons. The van der Waals surface area contributed by atoms with Crippen molar-refractivity contribution in [3.05, 3.63) is 77.5 Å². The Morgan fingerprint density at radius 2 is 1.84 bits per heavy atom. The third-order valence-electron chi connectivity index (χ3n) is 4.74. The maximum absolute atomic E-state index is 14.3. The van der Waals surface area contributed by atoms with Crippen molar-refractivity contribution in [2.24, 2.45) is 5.73 Å². The lowest BCUT2D eigenvalue weighted by atomic mass is 9.94. The number of benzene rings is 2. The number of halogens is 3. The van der Waals surface area contributed by atoms with Crippen molar-refractivity contribution in [2.45, 2.75) is 17.5 Å². The maximum atomic E-state index is 14.3. The van der Waals surface area contributed by atoms with Crippen LogP contribution in [-0.2, 0) is 16.3 Å². The quantitative estimate of drug-likeness (QED) is 0.473. The van der Waals surface area contributed by atoms with Crippen LogP contribution in [0.4, 0.5) is 8.78 Å². The Morgan fingerprint density at radius 3 is 2.58 bits per heavy atom. The topological polar surface area (TPSA) is 99.1 Å². The second-order valence-electron chi connectivity index (χ2n) is 6.92. The summed E-state index contributed by atoms with van der Waals surface area (Å²) in [6.45, 7) is 0. The normalized spacial score (nSPS) is 12.5. The number of rotatable bonds is 5. The molecule has 31 heavy (non-hydrogen) atoms. The van der Waals surface area contributed by atoms with E-state index in [1.807, 2.05) is 0 Å². The molecule has 4 aromatic rings. The minimum Gasteiger partial charge on any atom is -0.356 e. The van der Waals surface area contributed by atoms with E-state index in [0.717, 1.165) is 18.4 Å². The van der Waals surface area contributed by atoms with Gasteiger partial charge in [0, 0.05) is 35.7 Å². The van der Waals surface area contributed by atoms with Gasteiger partial charge >= 0.3 is 0 Å². The number of hydrogen-bond donors (Lipinski definition) is 1. The van der Waals surface area contributed by atoms with Gasteiger partial charge < -0.3 is 10.3 Å². The van der Waals surface area contributed by atoms with Gasteiger partial charge in [-0.15, -0.1) is 12.4 Å². The Labute approximate surface area is 183 Å². The van der Waals surface area contributed by atoms with Crippen LogP contribution in [0.2, 0.25) is 0 Å². The third-order valence-corrected chi connectivity index (χ3v) is 5.72. The van der Waals surface area contributed by atoms with Crippen molar-refractivity contribution in [1.29, 1.82) is 0 Å². The molecule has 1 unspecified atom stereocenters. The molecule has 0 aliphatic rings. The van der Waals surface area contributed by atoms with E-state index >= 15 is 0 Å². The van der Waals surface area contributed by atoms with Gasteiger partial charge in [-0.05, 0) is 29.8 Å². The van der Waals surface area contributed by atoms with Crippen LogP contribution in [0.5, 0.6) is 0 Å². The molecule has 2 aromatic carbocycles. The number of aromatic nitrogens is 2. The zero-order chi connectivity index (χ0) is 21.5. The predicted molar refractivity (Wildman–Crippen MR) is 115 cm³/mol. The fourth-order valence-electron chi connectivity index (χ4n) is 3.27. The average Bonchev–Trinajstić information content (AvgIpc) is 3.11. The van der Waals surface area contributed by atoms with Crippen LogP contribution in [0.3, 0.4) is 0 Å². The van der Waals surface area contributed by atoms with Crippen molar-refractivity contribution in [2.75, 3.05) is 6.26 Å². The number of nitrogens with zero attached hydrogens (tertiary/aromatic N) is 2. The summed E-state index contributed by atoms with van der Waals surface area (Å²) in [7, 11) is -3.59. The first-order chi connectivity index (χ1) is 14.2. The Bertz CT molecular complexity index is 1360. The highest BCUT2D eigenvalue weighted by Gasteiger charge is 2.21. The van der Waals surface area contributed by atoms with Crippen molar-refractivity contribution < 1.29 is 21.7 Å². The van der Waals surface area contributed by atoms with E-state index in [1.165, 1.54) is 12.1 Å². The maximum Gasteiger partial charge on any atom is 0.192 e. The van der Waals surface area contributed by atoms with Crippen LogP contribution in [0.1, 0.15) is 17.3 Å². The zero-order valence-electron chi connectivity index (χ0n) is 16.2. The van der Waals surface area contributed by atoms with Crippen LogP contribution in [0.15, 0.2) is 64.1 Å². The number of nitrogens with two attached hydrogens (primary N) is 1. The average molecular weight is 466 g/mol. The molecule has 0 aliphatic heterocycles. The standard InChI is InChI=1S/C21H17F2N3O3S.ClH/c1-30(27,28)20-9-8-16(23)18(25-20)11-17(24)13-4-2-3-5-14(13)21-15-7-6-12(22)10-19(15)29-26-21;/h2-10,17H,11,24H2,1H3;1H. The molecule has 0 saturated heterocycles. The molecule has 6 nitrogen and oxygen atoms in total. The summed E-state index contributed by atoms with van der Waals surface area (Å²) >= 11 is 0. The molecule has 2 aromatic heterocycles. The van der Waals surface area contributed by atoms with Crippen molar-refractivity contribution >= 4 is 33.2 Å². The van der Waals surface area contributed by atoms with Gasteiger partial charge in [-0.1, -0.05) is 29.4 Å². The van der Waals surface area contributed by atoms with Crippen molar-refractivity contribution in [1.82, 2.24) is 10.1 Å². The van der Waals surface area contributed by atoms with E-state index < -0.39 is 27.5 Å². The number of hydrogen-bond acceptors (Lipinski definition) is 6. The van der Waals surface area contributed by atoms with Crippen molar-refractivity contribution in [3.8, 4) is 11.3 Å². The molecule has 0 saturated carbocycles. The minimum atomic E-state index is -3.59. The van der Waals surface area contributed by atoms with Crippen LogP contribution >= 0.6 is 12.4 Å². The van der Waals surface area contributed by atoms with E-state index in [9.17, 15) is 17.2 Å². The van der Waals surface area contributed by atoms with E-state index in [4.69, 9.17) is 10.3 Å². The number of sulfone groups is 1. The van der Waals surface area contributed by atoms with Gasteiger partial charge in [-0.25, -0.2) is 22.2 Å². The molecule has 0 radical (unpaired) electrons. The summed E-state index contributed by atoms with van der Waals surface area (Å²) in [6, 6.07) is 12.7. The lowest BCUT2D eigenvalue weighted by Crippen LogP contribution is -2.17. The van der Waals surface area contributed by atoms with Gasteiger partial charge in [0.1, 0.15) is 17.3 Å². The van der Waals surface area contributed by atoms with Crippen LogP contribution in [-0.4, -0.2) is 24.8 Å². The number of pyridine rings is 1. The van der Waals surface area contributed by atoms with E-state index in [0.29, 0.717) is 27.8 Å². The molecule has 10 heteroatoms. The Balaban J connectivity index is 0.00000272. The summed E-state index contributed by atoms with van der Waals surface area (Å²) in [4.78, 5) is 3.94. The highest BCUT2D eigenvalue weighted by Crippen LogP contribution is 2.33. The van der Waals surface area contributed by atoms with Gasteiger partial charge in [0.15, 0.2) is 20.4 Å². The highest BCUT2D eigenvalue weighted by atomic mass is 35.5. The van der Waals surface area contributed by atoms with E-state index in [2.05, 4.69) is 10.1 Å². The molecule has 0 spiro atoms. The van der Waals surface area contributed by atoms with Gasteiger partial charge in [0.2, 0.25) is 0 Å². The molecule has 2 heterocycles. The second kappa shape index (κ2) is 8.70. The van der Waals surface area contributed by atoms with E-state index in [1.54, 1.807) is 30.3 Å².